The Morgan fingerprint density at radius 1 is 1.21 bits per heavy atom. The maximum atomic E-state index is 12.6. The predicted molar refractivity (Wildman–Crippen MR) is 101 cm³/mol. The first-order chi connectivity index (χ1) is 13.3. The van der Waals surface area contributed by atoms with Crippen molar-refractivity contribution in [2.24, 2.45) is 0 Å². The van der Waals surface area contributed by atoms with E-state index in [9.17, 15) is 18.0 Å². The van der Waals surface area contributed by atoms with Gasteiger partial charge in [0.15, 0.2) is 9.84 Å². The Kier molecular flexibility index (Phi) is 5.64. The molecule has 2 amide bonds. The number of nitrogens with zero attached hydrogens (tertiary/aromatic N) is 2. The van der Waals surface area contributed by atoms with E-state index in [-0.39, 0.29) is 17.3 Å². The number of rotatable bonds is 4. The molecule has 0 unspecified atom stereocenters. The van der Waals surface area contributed by atoms with Crippen LogP contribution in [0.4, 0.5) is 4.79 Å². The molecule has 0 radical (unpaired) electrons. The van der Waals surface area contributed by atoms with Gasteiger partial charge in [0.25, 0.3) is 5.91 Å². The van der Waals surface area contributed by atoms with Gasteiger partial charge in [0.2, 0.25) is 0 Å². The van der Waals surface area contributed by atoms with Crippen LogP contribution in [0.5, 0.6) is 0 Å². The SMILES string of the molecule is COC(=O)N1CCc2c(cncc2C(=O)NCc2ccc(S(C)(=O)=O)cc2)C1. The van der Waals surface area contributed by atoms with E-state index in [1.54, 1.807) is 23.2 Å². The Morgan fingerprint density at radius 3 is 2.57 bits per heavy atom. The van der Waals surface area contributed by atoms with Crippen LogP contribution in [-0.2, 0) is 34.1 Å². The zero-order valence-corrected chi connectivity index (χ0v) is 16.5. The molecule has 1 aliphatic rings. The van der Waals surface area contributed by atoms with Crippen LogP contribution < -0.4 is 5.32 Å². The Balaban J connectivity index is 1.70. The molecule has 2 heterocycles. The summed E-state index contributed by atoms with van der Waals surface area (Å²) in [6.07, 6.45) is 4.47. The molecule has 0 saturated carbocycles. The molecular weight excluding hydrogens is 382 g/mol. The zero-order valence-electron chi connectivity index (χ0n) is 15.6. The predicted octanol–water partition coefficient (Wildman–Crippen LogP) is 1.54. The van der Waals surface area contributed by atoms with E-state index in [4.69, 9.17) is 4.74 Å². The molecule has 8 nitrogen and oxygen atoms in total. The van der Waals surface area contributed by atoms with Gasteiger partial charge in [-0.2, -0.15) is 0 Å². The number of carbonyl (C=O) groups excluding carboxylic acids is 2. The number of amides is 2. The van der Waals surface area contributed by atoms with Gasteiger partial charge in [-0.05, 0) is 35.2 Å². The zero-order chi connectivity index (χ0) is 20.3. The first-order valence-corrected chi connectivity index (χ1v) is 10.5. The van der Waals surface area contributed by atoms with Crippen LogP contribution >= 0.6 is 0 Å². The van der Waals surface area contributed by atoms with E-state index in [2.05, 4.69) is 10.3 Å². The molecular formula is C19H21N3O5S. The largest absolute Gasteiger partial charge is 0.453 e. The number of pyridine rings is 1. The number of nitrogens with one attached hydrogen (secondary N) is 1. The monoisotopic (exact) mass is 403 g/mol. The summed E-state index contributed by atoms with van der Waals surface area (Å²) >= 11 is 0. The van der Waals surface area contributed by atoms with E-state index in [0.29, 0.717) is 25.1 Å². The second-order valence-electron chi connectivity index (χ2n) is 6.57. The quantitative estimate of drug-likeness (QED) is 0.830. The van der Waals surface area contributed by atoms with Crippen LogP contribution in [0.2, 0.25) is 0 Å². The molecule has 148 valence electrons. The summed E-state index contributed by atoms with van der Waals surface area (Å²) in [6, 6.07) is 6.38. The summed E-state index contributed by atoms with van der Waals surface area (Å²) in [7, 11) is -1.91. The summed E-state index contributed by atoms with van der Waals surface area (Å²) in [6.45, 7) is 1.08. The van der Waals surface area contributed by atoms with Gasteiger partial charge in [0.1, 0.15) is 0 Å². The Hall–Kier alpha value is -2.94. The topological polar surface area (TPSA) is 106 Å². The van der Waals surface area contributed by atoms with Crippen LogP contribution in [-0.4, -0.2) is 50.2 Å². The van der Waals surface area contributed by atoms with Gasteiger partial charge in [0, 0.05) is 31.7 Å². The highest BCUT2D eigenvalue weighted by Gasteiger charge is 2.25. The molecule has 1 aliphatic heterocycles. The smallest absolute Gasteiger partial charge is 0.409 e. The van der Waals surface area contributed by atoms with E-state index in [0.717, 1.165) is 22.9 Å². The van der Waals surface area contributed by atoms with Crippen LogP contribution in [0, 0.1) is 0 Å². The number of sulfone groups is 1. The third kappa shape index (κ3) is 4.30. The van der Waals surface area contributed by atoms with E-state index < -0.39 is 15.9 Å². The second-order valence-corrected chi connectivity index (χ2v) is 8.58. The summed E-state index contributed by atoms with van der Waals surface area (Å²) in [5, 5.41) is 2.84. The number of hydrogen-bond donors (Lipinski definition) is 1. The van der Waals surface area contributed by atoms with E-state index in [1.165, 1.54) is 25.4 Å². The number of aromatic nitrogens is 1. The Morgan fingerprint density at radius 2 is 1.93 bits per heavy atom. The van der Waals surface area contributed by atoms with Crippen molar-refractivity contribution in [3.8, 4) is 0 Å². The van der Waals surface area contributed by atoms with Crippen molar-refractivity contribution in [1.82, 2.24) is 15.2 Å². The van der Waals surface area contributed by atoms with Gasteiger partial charge in [0.05, 0.1) is 24.1 Å². The van der Waals surface area contributed by atoms with Gasteiger partial charge >= 0.3 is 6.09 Å². The summed E-state index contributed by atoms with van der Waals surface area (Å²) in [5.74, 6) is -0.261. The number of carbonyl (C=O) groups is 2. The highest BCUT2D eigenvalue weighted by molar-refractivity contribution is 7.90. The summed E-state index contributed by atoms with van der Waals surface area (Å²) in [5.41, 5.74) is 2.96. The molecule has 2 aromatic rings. The van der Waals surface area contributed by atoms with Gasteiger partial charge in [-0.25, -0.2) is 13.2 Å². The minimum atomic E-state index is -3.25. The van der Waals surface area contributed by atoms with Crippen molar-refractivity contribution in [2.75, 3.05) is 19.9 Å². The average molecular weight is 403 g/mol. The highest BCUT2D eigenvalue weighted by Crippen LogP contribution is 2.22. The molecule has 1 N–H and O–H groups in total. The lowest BCUT2D eigenvalue weighted by atomic mass is 9.97. The average Bonchev–Trinajstić information content (AvgIpc) is 2.70. The molecule has 0 aliphatic carbocycles. The molecule has 28 heavy (non-hydrogen) atoms. The lowest BCUT2D eigenvalue weighted by Crippen LogP contribution is -2.37. The third-order valence-electron chi connectivity index (χ3n) is 4.62. The van der Waals surface area contributed by atoms with E-state index in [1.807, 2.05) is 0 Å². The third-order valence-corrected chi connectivity index (χ3v) is 5.75. The molecule has 0 fully saturated rings. The van der Waals surface area contributed by atoms with Crippen LogP contribution in [0.1, 0.15) is 27.0 Å². The number of fused-ring (bicyclic) bond motifs is 1. The molecule has 1 aromatic carbocycles. The fraction of sp³-hybridized carbons (Fsp3) is 0.316. The van der Waals surface area contributed by atoms with Crippen molar-refractivity contribution in [1.29, 1.82) is 0 Å². The highest BCUT2D eigenvalue weighted by atomic mass is 32.2. The van der Waals surface area contributed by atoms with E-state index >= 15 is 0 Å². The standard InChI is InChI=1S/C19H21N3O5S/c1-27-19(24)22-8-7-16-14(12-22)10-20-11-17(16)18(23)21-9-13-3-5-15(6-4-13)28(2,25)26/h3-6,10-11H,7-9,12H2,1-2H3,(H,21,23). The fourth-order valence-electron chi connectivity index (χ4n) is 3.11. The van der Waals surface area contributed by atoms with Crippen molar-refractivity contribution in [3.63, 3.8) is 0 Å². The molecule has 0 atom stereocenters. The normalized spacial score (nSPS) is 13.6. The van der Waals surface area contributed by atoms with Gasteiger partial charge in [-0.1, -0.05) is 12.1 Å². The molecule has 1 aromatic heterocycles. The number of methoxy groups -OCH3 is 1. The fourth-order valence-corrected chi connectivity index (χ4v) is 3.74. The van der Waals surface area contributed by atoms with Crippen molar-refractivity contribution in [2.45, 2.75) is 24.4 Å². The summed E-state index contributed by atoms with van der Waals surface area (Å²) in [4.78, 5) is 30.3. The minimum absolute atomic E-state index is 0.235. The van der Waals surface area contributed by atoms with Crippen molar-refractivity contribution in [3.05, 3.63) is 58.9 Å². The second kappa shape index (κ2) is 7.97. The number of benzene rings is 1. The van der Waals surface area contributed by atoms with Gasteiger partial charge < -0.3 is 15.0 Å². The van der Waals surface area contributed by atoms with Crippen LogP contribution in [0.25, 0.3) is 0 Å². The molecule has 0 bridgehead atoms. The summed E-state index contributed by atoms with van der Waals surface area (Å²) < 4.78 is 27.8. The molecule has 3 rings (SSSR count). The molecule has 0 spiro atoms. The van der Waals surface area contributed by atoms with Crippen molar-refractivity contribution < 1.29 is 22.7 Å². The number of ether oxygens (including phenoxy) is 1. The minimum Gasteiger partial charge on any atom is -0.453 e. The lowest BCUT2D eigenvalue weighted by molar-refractivity contribution is 0.0948. The maximum absolute atomic E-state index is 12.6. The van der Waals surface area contributed by atoms with Crippen LogP contribution in [0.3, 0.4) is 0 Å². The number of hydrogen-bond acceptors (Lipinski definition) is 6. The molecule has 9 heteroatoms. The Bertz CT molecular complexity index is 1000. The van der Waals surface area contributed by atoms with Crippen LogP contribution in [0.15, 0.2) is 41.6 Å². The molecule has 0 saturated heterocycles. The van der Waals surface area contributed by atoms with Crippen molar-refractivity contribution >= 4 is 21.8 Å². The Labute approximate surface area is 163 Å². The first kappa shape index (κ1) is 19.8. The van der Waals surface area contributed by atoms with Gasteiger partial charge in [-0.3, -0.25) is 9.78 Å². The maximum Gasteiger partial charge on any atom is 0.409 e. The van der Waals surface area contributed by atoms with Gasteiger partial charge in [-0.15, -0.1) is 0 Å². The lowest BCUT2D eigenvalue weighted by Gasteiger charge is -2.28. The first-order valence-electron chi connectivity index (χ1n) is 8.65.